The molecule has 0 aromatic heterocycles. The average molecular weight is 453 g/mol. The molecule has 0 atom stereocenters. The van der Waals surface area contributed by atoms with Gasteiger partial charge in [0.25, 0.3) is 0 Å². The minimum absolute atomic E-state index is 0.121. The maximum Gasteiger partial charge on any atom is 0.419 e. The molecule has 0 bridgehead atoms. The van der Waals surface area contributed by atoms with Crippen LogP contribution in [0.4, 0.5) is 10.5 Å². The first kappa shape index (κ1) is 19.4. The molecule has 142 valence electrons. The monoisotopic (exact) mass is 452 g/mol. The summed E-state index contributed by atoms with van der Waals surface area (Å²) in [5.41, 5.74) is 1.96. The number of cyclic esters (lactones) is 1. The molecule has 0 N–H and O–H groups in total. The molecule has 1 amide bonds. The second-order valence-electron chi connectivity index (χ2n) is 5.99. The second kappa shape index (κ2) is 7.34. The van der Waals surface area contributed by atoms with Gasteiger partial charge in [-0.25, -0.2) is 4.79 Å². The first-order chi connectivity index (χ1) is 12.7. The maximum absolute atomic E-state index is 12.1. The Balaban J connectivity index is 2.06. The summed E-state index contributed by atoms with van der Waals surface area (Å²) in [6, 6.07) is 12.1. The predicted octanol–water partition coefficient (Wildman–Crippen LogP) is 3.72. The van der Waals surface area contributed by atoms with E-state index in [9.17, 15) is 13.2 Å². The zero-order valence-corrected chi connectivity index (χ0v) is 17.2. The van der Waals surface area contributed by atoms with Gasteiger partial charge >= 0.3 is 16.4 Å². The highest BCUT2D eigenvalue weighted by atomic mass is 79.9. The minimum Gasteiger partial charge on any atom is -0.409 e. The number of halogens is 1. The smallest absolute Gasteiger partial charge is 0.409 e. The van der Waals surface area contributed by atoms with Crippen molar-refractivity contribution in [3.8, 4) is 5.75 Å². The Morgan fingerprint density at radius 1 is 1.15 bits per heavy atom. The van der Waals surface area contributed by atoms with Crippen LogP contribution >= 0.6 is 15.9 Å². The third-order valence-corrected chi connectivity index (χ3v) is 5.71. The van der Waals surface area contributed by atoms with E-state index in [0.29, 0.717) is 17.0 Å². The Bertz CT molecular complexity index is 1020. The quantitative estimate of drug-likeness (QED) is 0.706. The number of fused-ring (bicyclic) bond motifs is 1. The largest absolute Gasteiger partial charge is 0.419 e. The van der Waals surface area contributed by atoms with Gasteiger partial charge in [0.05, 0.1) is 5.69 Å². The number of hydrogen-bond donors (Lipinski definition) is 0. The zero-order chi connectivity index (χ0) is 19.8. The van der Waals surface area contributed by atoms with Gasteiger partial charge in [0.1, 0.15) is 11.5 Å². The summed E-state index contributed by atoms with van der Waals surface area (Å²) >= 11 is 3.37. The molecule has 1 heterocycles. The van der Waals surface area contributed by atoms with Crippen molar-refractivity contribution in [3.05, 3.63) is 58.1 Å². The molecule has 7 nitrogen and oxygen atoms in total. The lowest BCUT2D eigenvalue weighted by atomic mass is 10.1. The van der Waals surface area contributed by atoms with E-state index in [-0.39, 0.29) is 5.75 Å². The van der Waals surface area contributed by atoms with E-state index < -0.39 is 16.4 Å². The summed E-state index contributed by atoms with van der Waals surface area (Å²) in [4.78, 5) is 13.5. The molecule has 0 fully saturated rings. The summed E-state index contributed by atoms with van der Waals surface area (Å²) in [6.45, 7) is 0. The van der Waals surface area contributed by atoms with Crippen molar-refractivity contribution in [2.75, 3.05) is 26.0 Å². The highest BCUT2D eigenvalue weighted by Crippen LogP contribution is 2.37. The van der Waals surface area contributed by atoms with Crippen LogP contribution in [0.5, 0.6) is 5.75 Å². The van der Waals surface area contributed by atoms with Crippen LogP contribution in [0.15, 0.2) is 46.9 Å². The Labute approximate surface area is 166 Å². The van der Waals surface area contributed by atoms with Crippen molar-refractivity contribution in [3.63, 3.8) is 0 Å². The normalized spacial score (nSPS) is 15.7. The lowest BCUT2D eigenvalue weighted by molar-refractivity contribution is 0.199. The van der Waals surface area contributed by atoms with Gasteiger partial charge in [0, 0.05) is 31.2 Å². The van der Waals surface area contributed by atoms with Crippen LogP contribution < -0.4 is 9.08 Å². The highest BCUT2D eigenvalue weighted by Gasteiger charge is 2.28. The minimum atomic E-state index is -3.90. The molecular formula is C18H17BrN2O5S. The van der Waals surface area contributed by atoms with Crippen LogP contribution in [0, 0.1) is 0 Å². The molecule has 2 aromatic rings. The molecule has 1 aliphatic rings. The lowest BCUT2D eigenvalue weighted by Gasteiger charge is -2.27. The number of benzene rings is 2. The van der Waals surface area contributed by atoms with E-state index in [2.05, 4.69) is 15.9 Å². The lowest BCUT2D eigenvalue weighted by Crippen LogP contribution is -2.31. The first-order valence-corrected chi connectivity index (χ1v) is 10.0. The van der Waals surface area contributed by atoms with Gasteiger partial charge in [-0.15, -0.1) is 0 Å². The summed E-state index contributed by atoms with van der Waals surface area (Å²) < 4.78 is 36.4. The average Bonchev–Trinajstić information content (AvgIpc) is 2.61. The van der Waals surface area contributed by atoms with Crippen LogP contribution in [-0.4, -0.2) is 40.0 Å². The van der Waals surface area contributed by atoms with Gasteiger partial charge in [-0.05, 0) is 42.0 Å². The van der Waals surface area contributed by atoms with Crippen LogP contribution in [0.25, 0.3) is 11.8 Å². The van der Waals surface area contributed by atoms with Gasteiger partial charge in [0.2, 0.25) is 0 Å². The first-order valence-electron chi connectivity index (χ1n) is 7.86. The van der Waals surface area contributed by atoms with Gasteiger partial charge in [-0.3, -0.25) is 4.90 Å². The number of rotatable bonds is 4. The van der Waals surface area contributed by atoms with Crippen molar-refractivity contribution in [2.24, 2.45) is 0 Å². The topological polar surface area (TPSA) is 76.1 Å². The van der Waals surface area contributed by atoms with Crippen LogP contribution in [-0.2, 0) is 15.0 Å². The van der Waals surface area contributed by atoms with E-state index in [1.807, 2.05) is 24.3 Å². The highest BCUT2D eigenvalue weighted by molar-refractivity contribution is 9.10. The molecule has 0 aliphatic carbocycles. The summed E-state index contributed by atoms with van der Waals surface area (Å²) in [6.07, 6.45) is 1.18. The van der Waals surface area contributed by atoms with Gasteiger partial charge in [-0.1, -0.05) is 28.1 Å². The summed E-state index contributed by atoms with van der Waals surface area (Å²) in [5.74, 6) is 0.429. The SMILES string of the molecule is CN1C(=O)O/C(=C\c2ccc(Br)cc2)c2cc(OS(=O)(=O)N(C)C)ccc21. The van der Waals surface area contributed by atoms with E-state index in [0.717, 1.165) is 14.3 Å². The Morgan fingerprint density at radius 3 is 2.44 bits per heavy atom. The van der Waals surface area contributed by atoms with Crippen molar-refractivity contribution < 1.29 is 22.1 Å². The van der Waals surface area contributed by atoms with E-state index >= 15 is 0 Å². The number of nitrogens with zero attached hydrogens (tertiary/aromatic N) is 2. The third-order valence-electron chi connectivity index (χ3n) is 3.88. The summed E-state index contributed by atoms with van der Waals surface area (Å²) in [5, 5.41) is 0. The van der Waals surface area contributed by atoms with Crippen LogP contribution in [0.1, 0.15) is 11.1 Å². The van der Waals surface area contributed by atoms with Crippen molar-refractivity contribution in [1.82, 2.24) is 4.31 Å². The molecule has 27 heavy (non-hydrogen) atoms. The van der Waals surface area contributed by atoms with Gasteiger partial charge in [0.15, 0.2) is 0 Å². The van der Waals surface area contributed by atoms with E-state index in [1.54, 1.807) is 19.2 Å². The van der Waals surface area contributed by atoms with Crippen molar-refractivity contribution >= 4 is 49.8 Å². The zero-order valence-electron chi connectivity index (χ0n) is 14.8. The molecule has 2 aromatic carbocycles. The summed E-state index contributed by atoms with van der Waals surface area (Å²) in [7, 11) is 0.436. The number of hydrogen-bond acceptors (Lipinski definition) is 5. The van der Waals surface area contributed by atoms with Gasteiger partial charge in [-0.2, -0.15) is 12.7 Å². The molecule has 0 saturated heterocycles. The molecule has 1 aliphatic heterocycles. The Morgan fingerprint density at radius 2 is 1.81 bits per heavy atom. The standard InChI is InChI=1S/C18H17BrN2O5S/c1-20(2)27(23,24)26-14-8-9-16-15(11-14)17(25-18(22)21(16)3)10-12-4-6-13(19)7-5-12/h4-11H,1-3H3/b17-10-. The van der Waals surface area contributed by atoms with Crippen LogP contribution in [0.3, 0.4) is 0 Å². The predicted molar refractivity (Wildman–Crippen MR) is 107 cm³/mol. The number of anilines is 1. The Hall–Kier alpha value is -2.36. The third kappa shape index (κ3) is 4.15. The number of ether oxygens (including phenoxy) is 1. The fourth-order valence-corrected chi connectivity index (χ4v) is 3.15. The van der Waals surface area contributed by atoms with E-state index in [4.69, 9.17) is 8.92 Å². The van der Waals surface area contributed by atoms with Gasteiger partial charge < -0.3 is 8.92 Å². The second-order valence-corrected chi connectivity index (χ2v) is 8.66. The Kier molecular flexibility index (Phi) is 5.27. The number of carbonyl (C=O) groups excluding carboxylic acids is 1. The molecule has 0 unspecified atom stereocenters. The van der Waals surface area contributed by atoms with E-state index in [1.165, 1.54) is 31.1 Å². The molecule has 3 rings (SSSR count). The van der Waals surface area contributed by atoms with Crippen molar-refractivity contribution in [1.29, 1.82) is 0 Å². The van der Waals surface area contributed by atoms with Crippen LogP contribution in [0.2, 0.25) is 0 Å². The maximum atomic E-state index is 12.1. The molecule has 0 radical (unpaired) electrons. The molecule has 9 heteroatoms. The van der Waals surface area contributed by atoms with Crippen molar-refractivity contribution in [2.45, 2.75) is 0 Å². The molecule has 0 spiro atoms. The molecular weight excluding hydrogens is 436 g/mol. The number of carbonyl (C=O) groups is 1. The molecule has 0 saturated carbocycles. The fraction of sp³-hybridized carbons (Fsp3) is 0.167. The number of amides is 1. The fourth-order valence-electron chi connectivity index (χ4n) is 2.39.